The van der Waals surface area contributed by atoms with Gasteiger partial charge in [-0.25, -0.2) is 4.98 Å². The van der Waals surface area contributed by atoms with Crippen LogP contribution >= 0.6 is 0 Å². The molecule has 11 amide bonds. The van der Waals surface area contributed by atoms with Crippen LogP contribution in [0.4, 0.5) is 0 Å². The van der Waals surface area contributed by atoms with Crippen LogP contribution in [0.3, 0.4) is 0 Å². The molecule has 2 fully saturated rings. The van der Waals surface area contributed by atoms with Crippen molar-refractivity contribution in [2.45, 2.75) is 139 Å². The number of aliphatic hydroxyl groups excluding tert-OH is 1. The second-order valence-electron chi connectivity index (χ2n) is 22.0. The maximum atomic E-state index is 14.5. The maximum Gasteiger partial charge on any atom is 0.245 e. The Morgan fingerprint density at radius 3 is 2.05 bits per heavy atom. The van der Waals surface area contributed by atoms with Crippen molar-refractivity contribution in [3.8, 4) is 5.75 Å². The lowest BCUT2D eigenvalue weighted by molar-refractivity contribution is -0.145. The van der Waals surface area contributed by atoms with Crippen LogP contribution in [0.5, 0.6) is 5.75 Å². The standard InChI is InChI=1S/C57H79N17O13/c1-30(2)21-45(54(85)68-39(11-7-19-62-57(59)60)56(87)74-20-8-12-44(74)53(84)64-27-46(58)77)73(4)55(86)31(3)66-49(80)40(22-32-13-15-35(76)16-14-32)69-52(83)43(28-75)72-50(81)41(23-33-25-63-37-10-6-5-9-36(33)37)70-51(82)42(24-34-26-61-29-65-34)71-48(79)38-17-18-47(78)67-38/h5-6,9-10,13-16,25-26,29-31,38-45,63,75-76H,7-8,11-12,17-24,27-28H2,1-4H3,(H2,58,77)(H,61,65)(H,64,84)(H,66,80)(H,67,78)(H,68,85)(H,69,83)(H,70,82)(H,71,79)(H,72,81)(H4,59,60,62)/t31-,38+,39+,40+,41+,42+,43+,44+,45+/m1/s1. The minimum atomic E-state index is -1.76. The van der Waals surface area contributed by atoms with Gasteiger partial charge in [0.2, 0.25) is 65.0 Å². The number of hydrogen-bond acceptors (Lipinski definition) is 15. The number of phenols is 1. The van der Waals surface area contributed by atoms with Crippen LogP contribution in [0.2, 0.25) is 0 Å². The number of amides is 11. The van der Waals surface area contributed by atoms with Gasteiger partial charge in [-0.1, -0.05) is 44.2 Å². The van der Waals surface area contributed by atoms with Crippen LogP contribution in [0, 0.1) is 5.92 Å². The van der Waals surface area contributed by atoms with Crippen molar-refractivity contribution in [3.63, 3.8) is 0 Å². The van der Waals surface area contributed by atoms with Gasteiger partial charge in [-0.3, -0.25) is 57.7 Å². The number of likely N-dealkylation sites (tertiary alicyclic amines) is 1. The number of fused-ring (bicyclic) bond motifs is 1. The first-order valence-electron chi connectivity index (χ1n) is 28.6. The van der Waals surface area contributed by atoms with Crippen molar-refractivity contribution in [2.24, 2.45) is 28.1 Å². The van der Waals surface area contributed by atoms with E-state index in [1.807, 2.05) is 13.8 Å². The van der Waals surface area contributed by atoms with Crippen LogP contribution in [0.1, 0.15) is 82.5 Å². The molecule has 6 rings (SSSR count). The van der Waals surface area contributed by atoms with Crippen molar-refractivity contribution in [3.05, 3.63) is 84.1 Å². The summed E-state index contributed by atoms with van der Waals surface area (Å²) in [6.07, 6.45) is 5.26. The highest BCUT2D eigenvalue weighted by Gasteiger charge is 2.41. The second kappa shape index (κ2) is 31.5. The molecule has 87 heavy (non-hydrogen) atoms. The Bertz CT molecular complexity index is 3130. The first-order valence-corrected chi connectivity index (χ1v) is 28.6. The van der Waals surface area contributed by atoms with Gasteiger partial charge in [0.25, 0.3) is 0 Å². The normalized spacial score (nSPS) is 17.0. The van der Waals surface area contributed by atoms with Gasteiger partial charge in [-0.15, -0.1) is 0 Å². The fourth-order valence-electron chi connectivity index (χ4n) is 10.3. The third-order valence-electron chi connectivity index (χ3n) is 14.9. The highest BCUT2D eigenvalue weighted by Crippen LogP contribution is 2.23. The van der Waals surface area contributed by atoms with Gasteiger partial charge in [-0.05, 0) is 80.7 Å². The van der Waals surface area contributed by atoms with Gasteiger partial charge in [0.1, 0.15) is 60.1 Å². The second-order valence-corrected chi connectivity index (χ2v) is 22.0. The Morgan fingerprint density at radius 2 is 1.41 bits per heavy atom. The topological polar surface area (TPSA) is 466 Å². The number of aliphatic imine (C=N–C) groups is 1. The zero-order valence-corrected chi connectivity index (χ0v) is 48.9. The molecular formula is C57H79N17O13. The molecule has 2 aliphatic rings. The molecule has 0 aliphatic carbocycles. The number of aromatic nitrogens is 3. The van der Waals surface area contributed by atoms with Crippen molar-refractivity contribution >= 4 is 81.8 Å². The third-order valence-corrected chi connectivity index (χ3v) is 14.9. The Labute approximate surface area is 501 Å². The number of carbonyl (C=O) groups is 11. The number of phenolic OH excluding ortho intramolecular Hbond substituents is 1. The largest absolute Gasteiger partial charge is 0.508 e. The number of nitrogens with one attached hydrogen (secondary N) is 10. The number of rotatable bonds is 31. The molecule has 9 atom stereocenters. The number of aliphatic hydroxyl groups is 1. The number of aromatic amines is 2. The van der Waals surface area contributed by atoms with Crippen LogP contribution in [0.15, 0.2) is 72.2 Å². The van der Waals surface area contributed by atoms with Gasteiger partial charge in [-0.2, -0.15) is 0 Å². The monoisotopic (exact) mass is 1210 g/mol. The molecule has 0 unspecified atom stereocenters. The van der Waals surface area contributed by atoms with Crippen LogP contribution in [-0.2, 0) is 72.0 Å². The summed E-state index contributed by atoms with van der Waals surface area (Å²) in [7, 11) is 1.35. The Balaban J connectivity index is 1.19. The molecule has 18 N–H and O–H groups in total. The highest BCUT2D eigenvalue weighted by atomic mass is 16.3. The molecule has 4 aromatic rings. The molecule has 0 spiro atoms. The molecule has 4 heterocycles. The van der Waals surface area contributed by atoms with Gasteiger partial charge in [0.15, 0.2) is 5.96 Å². The number of primary amides is 1. The van der Waals surface area contributed by atoms with E-state index in [1.54, 1.807) is 30.5 Å². The molecule has 0 saturated carbocycles. The van der Waals surface area contributed by atoms with Crippen LogP contribution < -0.4 is 59.7 Å². The fourth-order valence-corrected chi connectivity index (χ4v) is 10.3. The minimum Gasteiger partial charge on any atom is -0.508 e. The number of hydrogen-bond donors (Lipinski definition) is 15. The Morgan fingerprint density at radius 1 is 0.770 bits per heavy atom. The molecule has 30 nitrogen and oxygen atoms in total. The summed E-state index contributed by atoms with van der Waals surface area (Å²) in [5.41, 5.74) is 18.4. The molecule has 2 saturated heterocycles. The number of aromatic hydroxyl groups is 1. The molecule has 30 heteroatoms. The molecule has 470 valence electrons. The van der Waals surface area contributed by atoms with Crippen LogP contribution in [-0.4, -0.2) is 194 Å². The number of para-hydroxylation sites is 1. The number of likely N-dealkylation sites (N-methyl/N-ethyl adjacent to an activating group) is 1. The summed E-state index contributed by atoms with van der Waals surface area (Å²) in [6, 6.07) is 1.02. The number of imidazole rings is 1. The van der Waals surface area contributed by atoms with Crippen molar-refractivity contribution < 1.29 is 63.0 Å². The lowest BCUT2D eigenvalue weighted by Crippen LogP contribution is -2.61. The lowest BCUT2D eigenvalue weighted by atomic mass is 10.00. The highest BCUT2D eigenvalue weighted by molar-refractivity contribution is 5.99. The quantitative estimate of drug-likeness (QED) is 0.0131. The number of carbonyl (C=O) groups excluding carboxylic acids is 11. The Kier molecular flexibility index (Phi) is 24.1. The number of guanidine groups is 1. The fraction of sp³-hybridized carbons (Fsp3) is 0.491. The number of benzene rings is 2. The minimum absolute atomic E-state index is 0.0157. The van der Waals surface area contributed by atoms with E-state index in [9.17, 15) is 63.0 Å². The van der Waals surface area contributed by atoms with Gasteiger partial charge in [0, 0.05) is 74.8 Å². The molecule has 2 aliphatic heterocycles. The maximum absolute atomic E-state index is 14.5. The van der Waals surface area contributed by atoms with Crippen molar-refractivity contribution in [1.29, 1.82) is 0 Å². The van der Waals surface area contributed by atoms with Gasteiger partial charge in [0.05, 0.1) is 19.5 Å². The summed E-state index contributed by atoms with van der Waals surface area (Å²) in [6.45, 7) is 3.76. The predicted molar refractivity (Wildman–Crippen MR) is 314 cm³/mol. The molecular weight excluding hydrogens is 1130 g/mol. The zero-order chi connectivity index (χ0) is 63.5. The third kappa shape index (κ3) is 19.2. The summed E-state index contributed by atoms with van der Waals surface area (Å²) >= 11 is 0. The van der Waals surface area contributed by atoms with E-state index < -0.39 is 127 Å². The number of H-pyrrole nitrogens is 2. The number of nitrogens with zero attached hydrogens (tertiary/aromatic N) is 4. The average Bonchev–Trinajstić information content (AvgIpc) is 4.38. The zero-order valence-electron chi connectivity index (χ0n) is 48.9. The summed E-state index contributed by atoms with van der Waals surface area (Å²) in [4.78, 5) is 167. The average molecular weight is 1210 g/mol. The van der Waals surface area contributed by atoms with E-state index in [0.29, 0.717) is 34.1 Å². The van der Waals surface area contributed by atoms with Gasteiger partial charge < -0.3 is 89.7 Å². The summed E-state index contributed by atoms with van der Waals surface area (Å²) < 4.78 is 0. The lowest BCUT2D eigenvalue weighted by Gasteiger charge is -2.33. The van der Waals surface area contributed by atoms with E-state index in [0.717, 1.165) is 4.90 Å². The first kappa shape index (κ1) is 66.5. The predicted octanol–water partition coefficient (Wildman–Crippen LogP) is -3.66. The molecule has 0 radical (unpaired) electrons. The molecule has 2 aromatic heterocycles. The van der Waals surface area contributed by atoms with E-state index in [-0.39, 0.29) is 94.4 Å². The van der Waals surface area contributed by atoms with Crippen LogP contribution in [0.25, 0.3) is 10.9 Å². The first-order chi connectivity index (χ1) is 41.4. The van der Waals surface area contributed by atoms with E-state index in [4.69, 9.17) is 17.2 Å². The van der Waals surface area contributed by atoms with E-state index in [1.165, 1.54) is 55.7 Å². The molecule has 2 aromatic carbocycles. The van der Waals surface area contributed by atoms with Crippen molar-refractivity contribution in [2.75, 3.05) is 33.3 Å². The smallest absolute Gasteiger partial charge is 0.245 e. The van der Waals surface area contributed by atoms with E-state index >= 15 is 0 Å². The number of nitrogens with two attached hydrogens (primary N) is 3. The van der Waals surface area contributed by atoms with Gasteiger partial charge >= 0.3 is 0 Å². The van der Waals surface area contributed by atoms with Crippen molar-refractivity contribution in [1.82, 2.24) is 67.3 Å². The van der Waals surface area contributed by atoms with E-state index in [2.05, 4.69) is 62.5 Å². The summed E-state index contributed by atoms with van der Waals surface area (Å²) in [5, 5.41) is 42.3. The Hall–Kier alpha value is -9.61. The molecule has 0 bridgehead atoms. The SMILES string of the molecule is CC(C)C[C@@H](C(=O)N[C@@H](CCCN=C(N)N)C(=O)N1CCC[C@H]1C(=O)NCC(N)=O)N(C)C(=O)[C@@H](C)NC(=O)[C@H](Cc1ccc(O)cc1)NC(=O)[C@H](CO)NC(=O)[C@H](Cc1c[nH]c2ccccc12)NC(=O)[C@H](Cc1cnc[nH]1)NC(=O)[C@@H]1CCC(=O)N1. The summed E-state index contributed by atoms with van der Waals surface area (Å²) in [5.74, 6) is -8.72.